The summed E-state index contributed by atoms with van der Waals surface area (Å²) in [5, 5.41) is 5.23. The Hall–Kier alpha value is -3.08. The van der Waals surface area contributed by atoms with E-state index < -0.39 is 0 Å². The van der Waals surface area contributed by atoms with Crippen LogP contribution in [0.4, 0.5) is 0 Å². The number of fused-ring (bicyclic) bond motifs is 3. The second kappa shape index (κ2) is 8.52. The molecular weight excluding hydrogens is 362 g/mol. The van der Waals surface area contributed by atoms with Gasteiger partial charge >= 0.3 is 0 Å². The van der Waals surface area contributed by atoms with Gasteiger partial charge in [-0.05, 0) is 49.6 Å². The normalized spacial score (nSPS) is 14.3. The van der Waals surface area contributed by atoms with Crippen molar-refractivity contribution < 1.29 is 9.59 Å². The van der Waals surface area contributed by atoms with Gasteiger partial charge in [0.15, 0.2) is 0 Å². The molecule has 1 aromatic heterocycles. The van der Waals surface area contributed by atoms with E-state index in [-0.39, 0.29) is 11.8 Å². The third-order valence-electron chi connectivity index (χ3n) is 5.64. The molecule has 150 valence electrons. The van der Waals surface area contributed by atoms with Gasteiger partial charge in [-0.2, -0.15) is 0 Å². The molecule has 1 fully saturated rings. The minimum absolute atomic E-state index is 0.129. The van der Waals surface area contributed by atoms with Crippen LogP contribution in [0, 0.1) is 0 Å². The number of amides is 2. The van der Waals surface area contributed by atoms with Gasteiger partial charge in [0.05, 0.1) is 0 Å². The lowest BCUT2D eigenvalue weighted by Crippen LogP contribution is -2.32. The number of likely N-dealkylation sites (tertiary alicyclic amines) is 1. The standard InChI is InChI=1S/C24H27N3O2/c1-2-27-21-8-4-3-7-19(21)20-17-18(9-11-22(20)27)10-12-23(28)25-14-13-24(29)26-15-5-6-16-26/h3-4,7-12,17H,2,5-6,13-16H2,1H3,(H,25,28)/b12-10+. The highest BCUT2D eigenvalue weighted by atomic mass is 16.2. The Kier molecular flexibility index (Phi) is 5.65. The summed E-state index contributed by atoms with van der Waals surface area (Å²) in [6.45, 7) is 5.14. The summed E-state index contributed by atoms with van der Waals surface area (Å²) in [7, 11) is 0. The maximum Gasteiger partial charge on any atom is 0.244 e. The SMILES string of the molecule is CCn1c2ccccc2c2cc(/C=C/C(=O)NCCC(=O)N3CCCC3)ccc21. The maximum atomic E-state index is 12.1. The van der Waals surface area contributed by atoms with Crippen molar-refractivity contribution >= 4 is 39.7 Å². The summed E-state index contributed by atoms with van der Waals surface area (Å²) in [4.78, 5) is 26.0. The lowest BCUT2D eigenvalue weighted by atomic mass is 10.1. The van der Waals surface area contributed by atoms with Gasteiger partial charge in [0.25, 0.3) is 0 Å². The third-order valence-corrected chi connectivity index (χ3v) is 5.64. The third kappa shape index (κ3) is 4.04. The smallest absolute Gasteiger partial charge is 0.244 e. The average molecular weight is 389 g/mol. The van der Waals surface area contributed by atoms with Gasteiger partial charge in [0.2, 0.25) is 11.8 Å². The molecule has 2 aromatic carbocycles. The summed E-state index contributed by atoms with van der Waals surface area (Å²) < 4.78 is 2.31. The van der Waals surface area contributed by atoms with Crippen molar-refractivity contribution in [1.82, 2.24) is 14.8 Å². The first-order valence-electron chi connectivity index (χ1n) is 10.4. The van der Waals surface area contributed by atoms with Crippen LogP contribution in [0.2, 0.25) is 0 Å². The zero-order valence-corrected chi connectivity index (χ0v) is 16.9. The van der Waals surface area contributed by atoms with Crippen molar-refractivity contribution in [3.05, 3.63) is 54.1 Å². The molecule has 0 spiro atoms. The minimum Gasteiger partial charge on any atom is -0.352 e. The fourth-order valence-electron chi connectivity index (χ4n) is 4.16. The van der Waals surface area contributed by atoms with Crippen molar-refractivity contribution in [2.24, 2.45) is 0 Å². The molecule has 5 heteroatoms. The molecule has 29 heavy (non-hydrogen) atoms. The Bertz CT molecular complexity index is 1070. The number of aryl methyl sites for hydroxylation is 1. The van der Waals surface area contributed by atoms with E-state index in [1.807, 2.05) is 17.0 Å². The predicted molar refractivity (Wildman–Crippen MR) is 118 cm³/mol. The van der Waals surface area contributed by atoms with Crippen LogP contribution in [0.25, 0.3) is 27.9 Å². The maximum absolute atomic E-state index is 12.1. The van der Waals surface area contributed by atoms with Gasteiger partial charge < -0.3 is 14.8 Å². The summed E-state index contributed by atoms with van der Waals surface area (Å²) in [5.74, 6) is -0.0418. The van der Waals surface area contributed by atoms with E-state index in [2.05, 4.69) is 53.2 Å². The van der Waals surface area contributed by atoms with Gasteiger partial charge in [-0.3, -0.25) is 9.59 Å². The molecule has 1 aliphatic heterocycles. The van der Waals surface area contributed by atoms with Crippen LogP contribution in [0.5, 0.6) is 0 Å². The molecule has 5 nitrogen and oxygen atoms in total. The Morgan fingerprint density at radius 1 is 1.03 bits per heavy atom. The van der Waals surface area contributed by atoms with E-state index in [9.17, 15) is 9.59 Å². The number of rotatable bonds is 6. The first-order chi connectivity index (χ1) is 14.2. The molecule has 2 amide bonds. The summed E-state index contributed by atoms with van der Waals surface area (Å²) in [6.07, 6.45) is 5.90. The van der Waals surface area contributed by atoms with Crippen molar-refractivity contribution in [2.45, 2.75) is 32.7 Å². The predicted octanol–water partition coefficient (Wildman–Crippen LogP) is 3.96. The lowest BCUT2D eigenvalue weighted by molar-refractivity contribution is -0.130. The van der Waals surface area contributed by atoms with Crippen molar-refractivity contribution in [1.29, 1.82) is 0 Å². The number of hydrogen-bond donors (Lipinski definition) is 1. The van der Waals surface area contributed by atoms with Crippen LogP contribution >= 0.6 is 0 Å². The Labute approximate surface area is 171 Å². The molecular formula is C24H27N3O2. The van der Waals surface area contributed by atoms with Gasteiger partial charge in [-0.25, -0.2) is 0 Å². The van der Waals surface area contributed by atoms with Crippen molar-refractivity contribution in [3.63, 3.8) is 0 Å². The molecule has 0 atom stereocenters. The number of nitrogens with one attached hydrogen (secondary N) is 1. The number of para-hydroxylation sites is 1. The van der Waals surface area contributed by atoms with Crippen LogP contribution in [-0.2, 0) is 16.1 Å². The fraction of sp³-hybridized carbons (Fsp3) is 0.333. The van der Waals surface area contributed by atoms with Crippen molar-refractivity contribution in [3.8, 4) is 0 Å². The molecule has 0 bridgehead atoms. The topological polar surface area (TPSA) is 54.3 Å². The second-order valence-corrected chi connectivity index (χ2v) is 7.50. The van der Waals surface area contributed by atoms with E-state index in [4.69, 9.17) is 0 Å². The van der Waals surface area contributed by atoms with E-state index in [0.29, 0.717) is 13.0 Å². The second-order valence-electron chi connectivity index (χ2n) is 7.50. The molecule has 4 rings (SSSR count). The van der Waals surface area contributed by atoms with Gasteiger partial charge in [0, 0.05) is 60.5 Å². The molecule has 2 heterocycles. The number of hydrogen-bond acceptors (Lipinski definition) is 2. The first kappa shape index (κ1) is 19.2. The highest BCUT2D eigenvalue weighted by Gasteiger charge is 2.17. The minimum atomic E-state index is -0.171. The highest BCUT2D eigenvalue weighted by Crippen LogP contribution is 2.29. The molecule has 0 saturated carbocycles. The van der Waals surface area contributed by atoms with Crippen LogP contribution < -0.4 is 5.32 Å². The fourth-order valence-corrected chi connectivity index (χ4v) is 4.16. The largest absolute Gasteiger partial charge is 0.352 e. The number of carbonyl (C=O) groups is 2. The zero-order chi connectivity index (χ0) is 20.2. The van der Waals surface area contributed by atoms with Crippen LogP contribution in [0.15, 0.2) is 48.5 Å². The number of aromatic nitrogens is 1. The quantitative estimate of drug-likeness (QED) is 0.649. The Morgan fingerprint density at radius 2 is 1.79 bits per heavy atom. The van der Waals surface area contributed by atoms with E-state index in [1.54, 1.807) is 6.08 Å². The van der Waals surface area contributed by atoms with Gasteiger partial charge in [-0.15, -0.1) is 0 Å². The number of nitrogens with zero attached hydrogens (tertiary/aromatic N) is 2. The number of carbonyl (C=O) groups excluding carboxylic acids is 2. The van der Waals surface area contributed by atoms with Crippen LogP contribution in [0.3, 0.4) is 0 Å². The average Bonchev–Trinajstić information content (AvgIpc) is 3.38. The zero-order valence-electron chi connectivity index (χ0n) is 16.9. The monoisotopic (exact) mass is 389 g/mol. The highest BCUT2D eigenvalue weighted by molar-refractivity contribution is 6.08. The van der Waals surface area contributed by atoms with E-state index in [1.165, 1.54) is 21.8 Å². The Morgan fingerprint density at radius 3 is 2.59 bits per heavy atom. The molecule has 0 unspecified atom stereocenters. The molecule has 0 aliphatic carbocycles. The molecule has 3 aromatic rings. The summed E-state index contributed by atoms with van der Waals surface area (Å²) in [6, 6.07) is 14.7. The number of benzene rings is 2. The lowest BCUT2D eigenvalue weighted by Gasteiger charge is -2.14. The first-order valence-corrected chi connectivity index (χ1v) is 10.4. The molecule has 1 N–H and O–H groups in total. The summed E-state index contributed by atoms with van der Waals surface area (Å²) in [5.41, 5.74) is 3.42. The van der Waals surface area contributed by atoms with Gasteiger partial charge in [0.1, 0.15) is 0 Å². The molecule has 1 aliphatic rings. The van der Waals surface area contributed by atoms with Crippen molar-refractivity contribution in [2.75, 3.05) is 19.6 Å². The van der Waals surface area contributed by atoms with E-state index in [0.717, 1.165) is 38.0 Å². The van der Waals surface area contributed by atoms with E-state index >= 15 is 0 Å². The van der Waals surface area contributed by atoms with Crippen LogP contribution in [-0.4, -0.2) is 40.9 Å². The van der Waals surface area contributed by atoms with Crippen LogP contribution in [0.1, 0.15) is 31.7 Å². The molecule has 1 saturated heterocycles. The molecule has 0 radical (unpaired) electrons. The summed E-state index contributed by atoms with van der Waals surface area (Å²) >= 11 is 0. The Balaban J connectivity index is 1.42. The van der Waals surface area contributed by atoms with Gasteiger partial charge in [-0.1, -0.05) is 24.3 Å².